The molecule has 0 amide bonds. The van der Waals surface area contributed by atoms with Gasteiger partial charge in [0.05, 0.1) is 46.3 Å². The third-order valence-electron chi connectivity index (χ3n) is 5.66. The maximum absolute atomic E-state index is 11.6. The van der Waals surface area contributed by atoms with E-state index in [1.807, 2.05) is 67.3 Å². The van der Waals surface area contributed by atoms with Gasteiger partial charge in [-0.2, -0.15) is 5.10 Å². The number of H-pyrrole nitrogens is 1. The molecule has 0 atom stereocenters. The van der Waals surface area contributed by atoms with Crippen molar-refractivity contribution < 1.29 is 14.6 Å². The summed E-state index contributed by atoms with van der Waals surface area (Å²) in [5.41, 5.74) is 5.53. The lowest BCUT2D eigenvalue weighted by atomic mass is 10.1. The van der Waals surface area contributed by atoms with Crippen molar-refractivity contribution in [3.05, 3.63) is 66.4 Å². The van der Waals surface area contributed by atoms with Gasteiger partial charge in [0, 0.05) is 25.7 Å². The van der Waals surface area contributed by atoms with Gasteiger partial charge in [0.1, 0.15) is 11.4 Å². The van der Waals surface area contributed by atoms with E-state index >= 15 is 0 Å². The van der Waals surface area contributed by atoms with Crippen molar-refractivity contribution in [3.63, 3.8) is 0 Å². The van der Waals surface area contributed by atoms with Gasteiger partial charge in [0.15, 0.2) is 0 Å². The third-order valence-corrected chi connectivity index (χ3v) is 5.66. The molecule has 5 rings (SSSR count). The fraction of sp³-hybridized carbons (Fsp3) is 0.125. The lowest BCUT2D eigenvalue weighted by molar-refractivity contribution is 0.0698. The molecule has 2 N–H and O–H groups in total. The maximum Gasteiger partial charge on any atom is 0.337 e. The number of nitrogens with one attached hydrogen (secondary N) is 1. The van der Waals surface area contributed by atoms with E-state index in [9.17, 15) is 9.90 Å². The topological polar surface area (TPSA) is 96.3 Å². The summed E-state index contributed by atoms with van der Waals surface area (Å²) in [5.74, 6) is -0.227. The molecule has 0 bridgehead atoms. The predicted octanol–water partition coefficient (Wildman–Crippen LogP) is 4.59. The zero-order chi connectivity index (χ0) is 22.4. The van der Waals surface area contributed by atoms with Crippen molar-refractivity contribution in [3.8, 4) is 17.1 Å². The van der Waals surface area contributed by atoms with Crippen LogP contribution in [0.25, 0.3) is 33.3 Å². The molecule has 0 aliphatic rings. The summed E-state index contributed by atoms with van der Waals surface area (Å²) in [6.45, 7) is 0. The molecule has 2 aromatic carbocycles. The number of anilines is 2. The van der Waals surface area contributed by atoms with Crippen LogP contribution >= 0.6 is 0 Å². The Morgan fingerprint density at radius 2 is 1.91 bits per heavy atom. The minimum absolute atomic E-state index is 0.179. The van der Waals surface area contributed by atoms with E-state index < -0.39 is 5.97 Å². The van der Waals surface area contributed by atoms with E-state index in [1.165, 1.54) is 12.3 Å². The number of carboxylic acids is 1. The number of carboxylic acid groups (broad SMARTS) is 1. The molecule has 0 fully saturated rings. The van der Waals surface area contributed by atoms with Gasteiger partial charge in [-0.05, 0) is 30.3 Å². The molecule has 5 aromatic rings. The summed E-state index contributed by atoms with van der Waals surface area (Å²) in [7, 11) is 5.55. The largest absolute Gasteiger partial charge is 0.495 e. The smallest absolute Gasteiger partial charge is 0.337 e. The van der Waals surface area contributed by atoms with Crippen LogP contribution < -0.4 is 9.64 Å². The number of para-hydroxylation sites is 3. The molecule has 8 heteroatoms. The van der Waals surface area contributed by atoms with Gasteiger partial charge in [-0.3, -0.25) is 9.67 Å². The molecular weight excluding hydrogens is 406 g/mol. The number of aromatic nitrogens is 4. The standard InChI is InChI=1S/C24H21N5O3/c1-28(18-8-4-5-10-20(18)32-3)19-9-6-7-14-22(27-29(2)23(14)19)17-13-16-21(26-17)15(24(30)31)11-12-25-16/h4-13,26H,1-3H3,(H,30,31). The molecule has 0 radical (unpaired) electrons. The molecule has 8 nitrogen and oxygen atoms in total. The number of methoxy groups -OCH3 is 1. The van der Waals surface area contributed by atoms with Crippen LogP contribution in [0, 0.1) is 0 Å². The molecule has 3 aromatic heterocycles. The lowest BCUT2D eigenvalue weighted by Gasteiger charge is -2.22. The molecule has 0 saturated heterocycles. The van der Waals surface area contributed by atoms with Gasteiger partial charge < -0.3 is 19.7 Å². The molecule has 0 saturated carbocycles. The maximum atomic E-state index is 11.6. The van der Waals surface area contributed by atoms with Crippen LogP contribution in [0.1, 0.15) is 10.4 Å². The first-order chi connectivity index (χ1) is 15.5. The molecule has 0 unspecified atom stereocenters. The van der Waals surface area contributed by atoms with E-state index in [-0.39, 0.29) is 5.56 Å². The van der Waals surface area contributed by atoms with E-state index in [1.54, 1.807) is 7.11 Å². The summed E-state index contributed by atoms with van der Waals surface area (Å²) >= 11 is 0. The number of nitrogens with zero attached hydrogens (tertiary/aromatic N) is 4. The summed E-state index contributed by atoms with van der Waals surface area (Å²) in [6.07, 6.45) is 1.50. The number of hydrogen-bond donors (Lipinski definition) is 2. The quantitative estimate of drug-likeness (QED) is 0.426. The second-order valence-corrected chi connectivity index (χ2v) is 7.48. The summed E-state index contributed by atoms with van der Waals surface area (Å²) in [6, 6.07) is 17.2. The number of ether oxygens (including phenoxy) is 1. The Hall–Kier alpha value is -4.33. The zero-order valence-electron chi connectivity index (χ0n) is 17.8. The van der Waals surface area contributed by atoms with Crippen LogP contribution in [0.4, 0.5) is 11.4 Å². The SMILES string of the molecule is COc1ccccc1N(C)c1cccc2c(-c3cc4nccc(C(=O)O)c4[nH]3)nn(C)c12. The number of aromatic carboxylic acids is 1. The first-order valence-corrected chi connectivity index (χ1v) is 10.0. The molecule has 160 valence electrons. The second kappa shape index (κ2) is 7.42. The van der Waals surface area contributed by atoms with E-state index in [0.717, 1.165) is 33.7 Å². The number of carbonyl (C=O) groups is 1. The number of aromatic amines is 1. The minimum Gasteiger partial charge on any atom is -0.495 e. The average Bonchev–Trinajstić information content (AvgIpc) is 3.39. The first kappa shape index (κ1) is 19.6. The Balaban J connectivity index is 1.69. The number of rotatable bonds is 5. The minimum atomic E-state index is -1.00. The van der Waals surface area contributed by atoms with Crippen LogP contribution in [0.2, 0.25) is 0 Å². The molecule has 0 aliphatic heterocycles. The number of aryl methyl sites for hydroxylation is 1. The Kier molecular flexibility index (Phi) is 4.55. The van der Waals surface area contributed by atoms with Crippen LogP contribution in [0.3, 0.4) is 0 Å². The molecular formula is C24H21N5O3. The zero-order valence-corrected chi connectivity index (χ0v) is 17.8. The number of pyridine rings is 1. The molecule has 32 heavy (non-hydrogen) atoms. The molecule has 3 heterocycles. The number of benzene rings is 2. The second-order valence-electron chi connectivity index (χ2n) is 7.48. The Bertz CT molecular complexity index is 1480. The monoisotopic (exact) mass is 427 g/mol. The van der Waals surface area contributed by atoms with Gasteiger partial charge >= 0.3 is 5.97 Å². The molecule has 0 aliphatic carbocycles. The fourth-order valence-electron chi connectivity index (χ4n) is 4.15. The Morgan fingerprint density at radius 1 is 1.12 bits per heavy atom. The summed E-state index contributed by atoms with van der Waals surface area (Å²) in [5, 5.41) is 15.2. The van der Waals surface area contributed by atoms with Gasteiger partial charge in [0.25, 0.3) is 0 Å². The van der Waals surface area contributed by atoms with E-state index in [4.69, 9.17) is 9.84 Å². The fourth-order valence-corrected chi connectivity index (χ4v) is 4.15. The van der Waals surface area contributed by atoms with Crippen LogP contribution in [0.15, 0.2) is 60.8 Å². The lowest BCUT2D eigenvalue weighted by Crippen LogP contribution is -2.12. The first-order valence-electron chi connectivity index (χ1n) is 10.0. The Labute approximate surface area is 183 Å². The van der Waals surface area contributed by atoms with Gasteiger partial charge in [0.2, 0.25) is 0 Å². The third kappa shape index (κ3) is 2.96. The van der Waals surface area contributed by atoms with Crippen LogP contribution in [-0.4, -0.2) is 45.0 Å². The van der Waals surface area contributed by atoms with Crippen molar-refractivity contribution in [2.75, 3.05) is 19.1 Å². The summed E-state index contributed by atoms with van der Waals surface area (Å²) < 4.78 is 7.38. The predicted molar refractivity (Wildman–Crippen MR) is 124 cm³/mol. The van der Waals surface area contributed by atoms with Gasteiger partial charge in [-0.25, -0.2) is 4.79 Å². The van der Waals surface area contributed by atoms with Crippen molar-refractivity contribution in [2.45, 2.75) is 0 Å². The van der Waals surface area contributed by atoms with Gasteiger partial charge in [-0.1, -0.05) is 24.3 Å². The highest BCUT2D eigenvalue weighted by Gasteiger charge is 2.20. The van der Waals surface area contributed by atoms with Crippen LogP contribution in [-0.2, 0) is 7.05 Å². The van der Waals surface area contributed by atoms with E-state index in [0.29, 0.717) is 16.7 Å². The van der Waals surface area contributed by atoms with Gasteiger partial charge in [-0.15, -0.1) is 0 Å². The summed E-state index contributed by atoms with van der Waals surface area (Å²) in [4.78, 5) is 21.2. The highest BCUT2D eigenvalue weighted by Crippen LogP contribution is 2.38. The number of hydrogen-bond acceptors (Lipinski definition) is 5. The van der Waals surface area contributed by atoms with E-state index in [2.05, 4.69) is 14.9 Å². The van der Waals surface area contributed by atoms with Crippen LogP contribution in [0.5, 0.6) is 5.75 Å². The molecule has 0 spiro atoms. The Morgan fingerprint density at radius 3 is 2.69 bits per heavy atom. The van der Waals surface area contributed by atoms with Crippen molar-refractivity contribution in [1.29, 1.82) is 0 Å². The van der Waals surface area contributed by atoms with Crippen molar-refractivity contribution >= 4 is 39.3 Å². The van der Waals surface area contributed by atoms with Crippen molar-refractivity contribution in [1.82, 2.24) is 19.7 Å². The number of fused-ring (bicyclic) bond motifs is 2. The highest BCUT2D eigenvalue weighted by molar-refractivity contribution is 6.05. The van der Waals surface area contributed by atoms with Crippen molar-refractivity contribution in [2.24, 2.45) is 7.05 Å². The highest BCUT2D eigenvalue weighted by atomic mass is 16.5. The normalized spacial score (nSPS) is 11.2. The average molecular weight is 427 g/mol.